The number of benzene rings is 2. The van der Waals surface area contributed by atoms with E-state index in [1.54, 1.807) is 23.7 Å². The van der Waals surface area contributed by atoms with E-state index in [-0.39, 0.29) is 29.8 Å². The Morgan fingerprint density at radius 1 is 1.05 bits per heavy atom. The van der Waals surface area contributed by atoms with Crippen molar-refractivity contribution in [2.24, 2.45) is 0 Å². The number of carbonyl (C=O) groups excluding carboxylic acids is 2. The van der Waals surface area contributed by atoms with Crippen LogP contribution < -0.4 is 5.32 Å². The van der Waals surface area contributed by atoms with Crippen molar-refractivity contribution in [2.45, 2.75) is 46.6 Å². The first-order valence-corrected chi connectivity index (χ1v) is 12.5. The molecule has 0 saturated heterocycles. The van der Waals surface area contributed by atoms with Gasteiger partial charge in [0.25, 0.3) is 11.6 Å². The van der Waals surface area contributed by atoms with Gasteiger partial charge in [-0.1, -0.05) is 45.0 Å². The fraction of sp³-hybridized carbons (Fsp3) is 0.276. The number of aryl methyl sites for hydroxylation is 2. The van der Waals surface area contributed by atoms with Crippen molar-refractivity contribution in [2.75, 3.05) is 11.9 Å². The topological polar surface area (TPSA) is 124 Å². The molecular formula is C29H31N5O5. The number of hydrogen-bond acceptors (Lipinski definition) is 6. The van der Waals surface area contributed by atoms with Crippen LogP contribution in [0.5, 0.6) is 0 Å². The summed E-state index contributed by atoms with van der Waals surface area (Å²) < 4.78 is 7.10. The summed E-state index contributed by atoms with van der Waals surface area (Å²) in [5, 5.41) is 19.1. The molecule has 0 unspecified atom stereocenters. The van der Waals surface area contributed by atoms with E-state index in [0.717, 1.165) is 16.9 Å². The van der Waals surface area contributed by atoms with Crippen molar-refractivity contribution in [1.82, 2.24) is 14.7 Å². The predicted octanol–water partition coefficient (Wildman–Crippen LogP) is 5.57. The molecule has 0 fully saturated rings. The molecule has 2 aromatic carbocycles. The Morgan fingerprint density at radius 3 is 2.44 bits per heavy atom. The molecule has 0 bridgehead atoms. The lowest BCUT2D eigenvalue weighted by molar-refractivity contribution is -0.385. The number of nitro benzene ring substituents is 1. The van der Waals surface area contributed by atoms with E-state index >= 15 is 0 Å². The van der Waals surface area contributed by atoms with Crippen LogP contribution in [0.25, 0.3) is 5.69 Å². The first kappa shape index (κ1) is 27.3. The molecule has 0 aliphatic carbocycles. The standard InChI is InChI=1S/C29H31N5O5/c1-19-9-6-7-11-23(19)33-26(16-25(31-33)29(3,4)5)30-27(35)18-32(17-22-10-8-14-39-22)28(36)21-13-12-20(2)24(15-21)34(37)38/h6-16H,17-18H2,1-5H3,(H,30,35). The number of amides is 2. The van der Waals surface area contributed by atoms with Gasteiger partial charge in [0, 0.05) is 28.7 Å². The predicted molar refractivity (Wildman–Crippen MR) is 147 cm³/mol. The molecule has 0 atom stereocenters. The summed E-state index contributed by atoms with van der Waals surface area (Å²) in [7, 11) is 0. The van der Waals surface area contributed by atoms with Crippen LogP contribution in [0.15, 0.2) is 71.3 Å². The molecule has 1 N–H and O–H groups in total. The van der Waals surface area contributed by atoms with Gasteiger partial charge in [0.2, 0.25) is 5.91 Å². The smallest absolute Gasteiger partial charge is 0.273 e. The number of nitro groups is 1. The molecule has 4 rings (SSSR count). The Morgan fingerprint density at radius 2 is 1.79 bits per heavy atom. The van der Waals surface area contributed by atoms with E-state index < -0.39 is 16.7 Å². The lowest BCUT2D eigenvalue weighted by atomic mass is 9.92. The van der Waals surface area contributed by atoms with Crippen molar-refractivity contribution < 1.29 is 18.9 Å². The number of furan rings is 1. The maximum absolute atomic E-state index is 13.5. The Kier molecular flexibility index (Phi) is 7.66. The third kappa shape index (κ3) is 6.23. The van der Waals surface area contributed by atoms with Crippen molar-refractivity contribution >= 4 is 23.3 Å². The van der Waals surface area contributed by atoms with E-state index in [9.17, 15) is 19.7 Å². The maximum Gasteiger partial charge on any atom is 0.273 e. The fourth-order valence-electron chi connectivity index (χ4n) is 4.09. The first-order valence-electron chi connectivity index (χ1n) is 12.5. The van der Waals surface area contributed by atoms with Crippen LogP contribution in [0.1, 0.15) is 53.7 Å². The molecule has 0 spiro atoms. The van der Waals surface area contributed by atoms with Crippen molar-refractivity contribution in [1.29, 1.82) is 0 Å². The molecule has 2 amide bonds. The normalized spacial score (nSPS) is 11.3. The molecular weight excluding hydrogens is 498 g/mol. The number of rotatable bonds is 8. The molecule has 0 radical (unpaired) electrons. The average molecular weight is 530 g/mol. The van der Waals surface area contributed by atoms with Crippen molar-refractivity contribution in [3.05, 3.63) is 105 Å². The largest absolute Gasteiger partial charge is 0.467 e. The zero-order valence-electron chi connectivity index (χ0n) is 22.6. The first-order chi connectivity index (χ1) is 18.4. The summed E-state index contributed by atoms with van der Waals surface area (Å²) in [5.41, 5.74) is 2.69. The molecule has 10 nitrogen and oxygen atoms in total. The third-order valence-electron chi connectivity index (χ3n) is 6.29. The van der Waals surface area contributed by atoms with Gasteiger partial charge in [-0.25, -0.2) is 4.68 Å². The van der Waals surface area contributed by atoms with Gasteiger partial charge in [-0.3, -0.25) is 19.7 Å². The van der Waals surface area contributed by atoms with Crippen LogP contribution in [-0.2, 0) is 16.8 Å². The molecule has 2 heterocycles. The number of carbonyl (C=O) groups is 2. The van der Waals surface area contributed by atoms with Crippen LogP contribution >= 0.6 is 0 Å². The quantitative estimate of drug-likeness (QED) is 0.235. The second kappa shape index (κ2) is 10.9. The van der Waals surface area contributed by atoms with Crippen LogP contribution in [0.4, 0.5) is 11.5 Å². The monoisotopic (exact) mass is 529 g/mol. The minimum atomic E-state index is -0.535. The Hall–Kier alpha value is -4.73. The second-order valence-electron chi connectivity index (χ2n) is 10.4. The molecule has 0 aliphatic rings. The van der Waals surface area contributed by atoms with Gasteiger partial charge >= 0.3 is 0 Å². The van der Waals surface area contributed by atoms with E-state index in [1.165, 1.54) is 29.4 Å². The van der Waals surface area contributed by atoms with E-state index in [1.807, 2.05) is 58.0 Å². The van der Waals surface area contributed by atoms with Gasteiger partial charge in [-0.2, -0.15) is 5.10 Å². The van der Waals surface area contributed by atoms with Crippen LogP contribution in [0, 0.1) is 24.0 Å². The number of hydrogen-bond donors (Lipinski definition) is 1. The van der Waals surface area contributed by atoms with Gasteiger partial charge in [0.1, 0.15) is 18.1 Å². The van der Waals surface area contributed by atoms with Crippen LogP contribution in [0.3, 0.4) is 0 Å². The van der Waals surface area contributed by atoms with Gasteiger partial charge in [-0.05, 0) is 43.7 Å². The minimum Gasteiger partial charge on any atom is -0.467 e. The lowest BCUT2D eigenvalue weighted by Gasteiger charge is -2.21. The Bertz CT molecular complexity index is 1520. The molecule has 2 aromatic heterocycles. The van der Waals surface area contributed by atoms with Gasteiger partial charge in [0.05, 0.1) is 29.1 Å². The highest BCUT2D eigenvalue weighted by Crippen LogP contribution is 2.28. The molecule has 0 saturated carbocycles. The summed E-state index contributed by atoms with van der Waals surface area (Å²) in [6.45, 7) is 9.36. The summed E-state index contributed by atoms with van der Waals surface area (Å²) >= 11 is 0. The zero-order valence-corrected chi connectivity index (χ0v) is 22.6. The fourth-order valence-corrected chi connectivity index (χ4v) is 4.09. The minimum absolute atomic E-state index is 0.00518. The number of nitrogens with one attached hydrogen (secondary N) is 1. The molecule has 0 aliphatic heterocycles. The Labute approximate surface area is 226 Å². The second-order valence-corrected chi connectivity index (χ2v) is 10.4. The molecule has 39 heavy (non-hydrogen) atoms. The summed E-state index contributed by atoms with van der Waals surface area (Å²) in [6, 6.07) is 17.2. The third-order valence-corrected chi connectivity index (χ3v) is 6.29. The number of para-hydroxylation sites is 1. The SMILES string of the molecule is Cc1ccccc1-n1nc(C(C)(C)C)cc1NC(=O)CN(Cc1ccco1)C(=O)c1ccc(C)c([N+](=O)[O-])c1. The summed E-state index contributed by atoms with van der Waals surface area (Å²) in [6.07, 6.45) is 1.48. The molecule has 202 valence electrons. The number of aromatic nitrogens is 2. The summed E-state index contributed by atoms with van der Waals surface area (Å²) in [5.74, 6) is -0.0486. The van der Waals surface area contributed by atoms with E-state index in [4.69, 9.17) is 9.52 Å². The van der Waals surface area contributed by atoms with Crippen LogP contribution in [0.2, 0.25) is 0 Å². The highest BCUT2D eigenvalue weighted by molar-refractivity contribution is 5.99. The average Bonchev–Trinajstić information content (AvgIpc) is 3.54. The number of anilines is 1. The van der Waals surface area contributed by atoms with E-state index in [2.05, 4.69) is 5.32 Å². The molecule has 10 heteroatoms. The molecule has 4 aromatic rings. The Balaban J connectivity index is 1.64. The lowest BCUT2D eigenvalue weighted by Crippen LogP contribution is -2.37. The number of nitrogens with zero attached hydrogens (tertiary/aromatic N) is 4. The highest BCUT2D eigenvalue weighted by atomic mass is 16.6. The van der Waals surface area contributed by atoms with Crippen molar-refractivity contribution in [3.8, 4) is 5.69 Å². The zero-order chi connectivity index (χ0) is 28.3. The highest BCUT2D eigenvalue weighted by Gasteiger charge is 2.25. The summed E-state index contributed by atoms with van der Waals surface area (Å²) in [4.78, 5) is 39.0. The maximum atomic E-state index is 13.5. The van der Waals surface area contributed by atoms with Crippen molar-refractivity contribution in [3.63, 3.8) is 0 Å². The van der Waals surface area contributed by atoms with Crippen LogP contribution in [-0.4, -0.2) is 38.0 Å². The van der Waals surface area contributed by atoms with Gasteiger partial charge in [-0.15, -0.1) is 0 Å². The van der Waals surface area contributed by atoms with Gasteiger partial charge in [0.15, 0.2) is 0 Å². The van der Waals surface area contributed by atoms with Gasteiger partial charge < -0.3 is 14.6 Å². The van der Waals surface area contributed by atoms with E-state index in [0.29, 0.717) is 17.1 Å².